The number of rotatable bonds is 5. The quantitative estimate of drug-likeness (QED) is 0.845. The molecular weight excluding hydrogens is 294 g/mol. The molecule has 2 aromatic rings. The molecule has 0 radical (unpaired) electrons. The van der Waals surface area contributed by atoms with Crippen LogP contribution in [0.5, 0.6) is 5.75 Å². The van der Waals surface area contributed by atoms with Gasteiger partial charge in [-0.1, -0.05) is 6.92 Å². The van der Waals surface area contributed by atoms with Gasteiger partial charge in [0.1, 0.15) is 5.75 Å². The summed E-state index contributed by atoms with van der Waals surface area (Å²) >= 11 is 0. The Labute approximate surface area is 136 Å². The molecule has 2 atom stereocenters. The van der Waals surface area contributed by atoms with Gasteiger partial charge in [-0.25, -0.2) is 0 Å². The number of methoxy groups -OCH3 is 1. The van der Waals surface area contributed by atoms with Crippen molar-refractivity contribution in [1.82, 2.24) is 15.1 Å². The normalized spacial score (nSPS) is 20.4. The van der Waals surface area contributed by atoms with Gasteiger partial charge in [-0.05, 0) is 37.6 Å². The predicted molar refractivity (Wildman–Crippen MR) is 86.3 cm³/mol. The number of aromatic nitrogens is 2. The average molecular weight is 317 g/mol. The lowest BCUT2D eigenvalue weighted by atomic mass is 10.2. The largest absolute Gasteiger partial charge is 0.497 e. The highest BCUT2D eigenvalue weighted by molar-refractivity contribution is 5.53. The Morgan fingerprint density at radius 3 is 2.78 bits per heavy atom. The van der Waals surface area contributed by atoms with Crippen LogP contribution in [-0.2, 0) is 4.74 Å². The molecule has 23 heavy (non-hydrogen) atoms. The summed E-state index contributed by atoms with van der Waals surface area (Å²) in [5.74, 6) is 1.99. The number of nitrogens with zero attached hydrogens (tertiary/aromatic N) is 3. The van der Waals surface area contributed by atoms with E-state index in [0.717, 1.165) is 37.4 Å². The fraction of sp³-hybridized carbons (Fsp3) is 0.529. The maximum atomic E-state index is 5.88. The van der Waals surface area contributed by atoms with Gasteiger partial charge in [0.05, 0.1) is 25.9 Å². The van der Waals surface area contributed by atoms with Crippen LogP contribution in [0.15, 0.2) is 28.7 Å². The standard InChI is InChI=1S/C17H23N3O3/c1-4-14-11-20(9-10-22-14)12(2)16-18-19-17(23-16)13-5-7-15(21-3)8-6-13/h5-8,12,14H,4,9-11H2,1-3H3/t12-,14-/m0/s1. The van der Waals surface area contributed by atoms with Gasteiger partial charge >= 0.3 is 0 Å². The number of ether oxygens (including phenoxy) is 2. The Hall–Kier alpha value is -1.92. The van der Waals surface area contributed by atoms with E-state index >= 15 is 0 Å². The van der Waals surface area contributed by atoms with Crippen molar-refractivity contribution < 1.29 is 13.9 Å². The molecule has 2 heterocycles. The lowest BCUT2D eigenvalue weighted by Gasteiger charge is -2.35. The van der Waals surface area contributed by atoms with Gasteiger partial charge in [-0.15, -0.1) is 10.2 Å². The highest BCUT2D eigenvalue weighted by Gasteiger charge is 2.27. The zero-order valence-corrected chi connectivity index (χ0v) is 13.9. The molecule has 1 aromatic heterocycles. The molecule has 6 heteroatoms. The minimum Gasteiger partial charge on any atom is -0.497 e. The molecule has 0 N–H and O–H groups in total. The van der Waals surface area contributed by atoms with Crippen molar-refractivity contribution in [2.45, 2.75) is 32.4 Å². The van der Waals surface area contributed by atoms with Gasteiger partial charge < -0.3 is 13.9 Å². The van der Waals surface area contributed by atoms with E-state index in [0.29, 0.717) is 11.8 Å². The van der Waals surface area contributed by atoms with Crippen LogP contribution in [0.1, 0.15) is 32.2 Å². The van der Waals surface area contributed by atoms with Crippen molar-refractivity contribution in [1.29, 1.82) is 0 Å². The summed E-state index contributed by atoms with van der Waals surface area (Å²) in [4.78, 5) is 2.34. The van der Waals surface area contributed by atoms with E-state index in [9.17, 15) is 0 Å². The molecule has 0 saturated carbocycles. The van der Waals surface area contributed by atoms with Gasteiger partial charge in [-0.2, -0.15) is 0 Å². The number of hydrogen-bond acceptors (Lipinski definition) is 6. The molecule has 1 aromatic carbocycles. The summed E-state index contributed by atoms with van der Waals surface area (Å²) in [6.07, 6.45) is 1.31. The lowest BCUT2D eigenvalue weighted by molar-refractivity contribution is -0.0456. The monoisotopic (exact) mass is 317 g/mol. The Morgan fingerprint density at radius 1 is 1.30 bits per heavy atom. The lowest BCUT2D eigenvalue weighted by Crippen LogP contribution is -2.43. The van der Waals surface area contributed by atoms with Crippen LogP contribution in [0.2, 0.25) is 0 Å². The Bertz CT molecular complexity index is 626. The molecule has 1 aliphatic heterocycles. The van der Waals surface area contributed by atoms with E-state index in [1.54, 1.807) is 7.11 Å². The minimum atomic E-state index is 0.0902. The molecule has 0 aliphatic carbocycles. The Kier molecular flexibility index (Phi) is 4.93. The SMILES string of the molecule is CC[C@H]1CN([C@@H](C)c2nnc(-c3ccc(OC)cc3)o2)CCO1. The second-order valence-corrected chi connectivity index (χ2v) is 5.75. The molecule has 0 bridgehead atoms. The molecule has 0 amide bonds. The molecule has 1 aliphatic rings. The van der Waals surface area contributed by atoms with Crippen molar-refractivity contribution in [2.24, 2.45) is 0 Å². The van der Waals surface area contributed by atoms with Gasteiger partial charge in [0.25, 0.3) is 0 Å². The number of morpholine rings is 1. The first-order chi connectivity index (χ1) is 11.2. The first-order valence-electron chi connectivity index (χ1n) is 8.04. The highest BCUT2D eigenvalue weighted by Crippen LogP contribution is 2.26. The first kappa shape index (κ1) is 16.0. The third-order valence-electron chi connectivity index (χ3n) is 4.31. The van der Waals surface area contributed by atoms with Crippen molar-refractivity contribution in [3.8, 4) is 17.2 Å². The summed E-state index contributed by atoms with van der Waals surface area (Å²) in [6.45, 7) is 6.79. The van der Waals surface area contributed by atoms with Gasteiger partial charge in [0.2, 0.25) is 11.8 Å². The topological polar surface area (TPSA) is 60.6 Å². The first-order valence-corrected chi connectivity index (χ1v) is 8.04. The van der Waals surface area contributed by atoms with Crippen LogP contribution in [0.4, 0.5) is 0 Å². The van der Waals surface area contributed by atoms with Gasteiger partial charge in [-0.3, -0.25) is 4.90 Å². The zero-order valence-electron chi connectivity index (χ0n) is 13.9. The summed E-state index contributed by atoms with van der Waals surface area (Å²) in [5, 5.41) is 8.41. The van der Waals surface area contributed by atoms with Gasteiger partial charge in [0, 0.05) is 18.7 Å². The number of benzene rings is 1. The van der Waals surface area contributed by atoms with Crippen molar-refractivity contribution in [2.75, 3.05) is 26.8 Å². The summed E-state index contributed by atoms with van der Waals surface area (Å²) in [7, 11) is 1.65. The number of hydrogen-bond donors (Lipinski definition) is 0. The summed E-state index contributed by atoms with van der Waals surface area (Å²) in [6, 6.07) is 7.70. The fourth-order valence-corrected chi connectivity index (χ4v) is 2.75. The van der Waals surface area contributed by atoms with Crippen LogP contribution in [0, 0.1) is 0 Å². The maximum Gasteiger partial charge on any atom is 0.247 e. The Morgan fingerprint density at radius 2 is 2.09 bits per heavy atom. The highest BCUT2D eigenvalue weighted by atomic mass is 16.5. The second-order valence-electron chi connectivity index (χ2n) is 5.75. The van der Waals surface area contributed by atoms with Crippen LogP contribution in [-0.4, -0.2) is 48.0 Å². The van der Waals surface area contributed by atoms with E-state index in [4.69, 9.17) is 13.9 Å². The smallest absolute Gasteiger partial charge is 0.247 e. The molecule has 6 nitrogen and oxygen atoms in total. The van der Waals surface area contributed by atoms with E-state index in [2.05, 4.69) is 28.9 Å². The van der Waals surface area contributed by atoms with Crippen LogP contribution in [0.3, 0.4) is 0 Å². The van der Waals surface area contributed by atoms with Crippen LogP contribution < -0.4 is 4.74 Å². The molecule has 1 saturated heterocycles. The summed E-state index contributed by atoms with van der Waals surface area (Å²) in [5.41, 5.74) is 0.894. The third-order valence-corrected chi connectivity index (χ3v) is 4.31. The minimum absolute atomic E-state index is 0.0902. The molecule has 1 fully saturated rings. The van der Waals surface area contributed by atoms with E-state index in [1.165, 1.54) is 0 Å². The molecule has 0 unspecified atom stereocenters. The van der Waals surface area contributed by atoms with E-state index < -0.39 is 0 Å². The van der Waals surface area contributed by atoms with E-state index in [1.807, 2.05) is 24.3 Å². The van der Waals surface area contributed by atoms with E-state index in [-0.39, 0.29) is 12.1 Å². The van der Waals surface area contributed by atoms with Crippen molar-refractivity contribution >= 4 is 0 Å². The molecule has 0 spiro atoms. The predicted octanol–water partition coefficient (Wildman–Crippen LogP) is 2.92. The fourth-order valence-electron chi connectivity index (χ4n) is 2.75. The van der Waals surface area contributed by atoms with Crippen LogP contribution in [0.25, 0.3) is 11.5 Å². The molecular formula is C17H23N3O3. The third kappa shape index (κ3) is 3.54. The second kappa shape index (κ2) is 7.10. The van der Waals surface area contributed by atoms with Gasteiger partial charge in [0.15, 0.2) is 0 Å². The van der Waals surface area contributed by atoms with Crippen LogP contribution >= 0.6 is 0 Å². The summed E-state index contributed by atoms with van der Waals surface area (Å²) < 4.78 is 16.8. The molecule has 3 rings (SSSR count). The van der Waals surface area contributed by atoms with Crippen molar-refractivity contribution in [3.63, 3.8) is 0 Å². The molecule has 124 valence electrons. The van der Waals surface area contributed by atoms with Crippen molar-refractivity contribution in [3.05, 3.63) is 30.2 Å². The Balaban J connectivity index is 1.72. The zero-order chi connectivity index (χ0) is 16.2. The maximum absolute atomic E-state index is 5.88. The average Bonchev–Trinajstić information content (AvgIpc) is 3.11.